The van der Waals surface area contributed by atoms with Gasteiger partial charge in [-0.3, -0.25) is 14.6 Å². The molecule has 0 radical (unpaired) electrons. The molecule has 3 aliphatic rings. The normalized spacial score (nSPS) is 24.2. The lowest BCUT2D eigenvalue weighted by Crippen LogP contribution is -2.51. The second kappa shape index (κ2) is 5.33. The lowest BCUT2D eigenvalue weighted by atomic mass is 10.1. The van der Waals surface area contributed by atoms with Crippen molar-refractivity contribution in [3.63, 3.8) is 0 Å². The quantitative estimate of drug-likeness (QED) is 0.832. The summed E-state index contributed by atoms with van der Waals surface area (Å²) < 4.78 is 1.93. The first kappa shape index (κ1) is 15.0. The second-order valence-corrected chi connectivity index (χ2v) is 7.34. The Morgan fingerprint density at radius 3 is 2.84 bits per heavy atom. The number of imidazole rings is 1. The number of amides is 1. The summed E-state index contributed by atoms with van der Waals surface area (Å²) in [5.74, 6) is 1.46. The molecule has 0 saturated heterocycles. The van der Waals surface area contributed by atoms with E-state index in [1.165, 1.54) is 6.42 Å². The van der Waals surface area contributed by atoms with Gasteiger partial charge in [0.2, 0.25) is 5.96 Å². The molecule has 7 heteroatoms. The van der Waals surface area contributed by atoms with Crippen LogP contribution < -0.4 is 4.90 Å². The molecule has 3 heterocycles. The molecular weight excluding hydrogens is 338 g/mol. The van der Waals surface area contributed by atoms with Crippen LogP contribution in [0.1, 0.15) is 35.3 Å². The number of nitrogens with zero attached hydrogens (tertiary/aromatic N) is 5. The second-order valence-electron chi connectivity index (χ2n) is 6.90. The van der Waals surface area contributed by atoms with Gasteiger partial charge in [0.25, 0.3) is 5.91 Å². The van der Waals surface area contributed by atoms with Crippen molar-refractivity contribution >= 4 is 29.3 Å². The fourth-order valence-electron chi connectivity index (χ4n) is 4.15. The Morgan fingerprint density at radius 1 is 1.24 bits per heavy atom. The molecule has 1 aliphatic carbocycles. The molecular formula is C18H18ClN5O. The Morgan fingerprint density at radius 2 is 2.04 bits per heavy atom. The van der Waals surface area contributed by atoms with Gasteiger partial charge >= 0.3 is 0 Å². The predicted molar refractivity (Wildman–Crippen MR) is 96.2 cm³/mol. The molecule has 1 aromatic carbocycles. The number of hydrogen-bond acceptors (Lipinski definition) is 4. The summed E-state index contributed by atoms with van der Waals surface area (Å²) in [6, 6.07) is 8.30. The van der Waals surface area contributed by atoms with Crippen molar-refractivity contribution in [2.24, 2.45) is 4.99 Å². The summed E-state index contributed by atoms with van der Waals surface area (Å²) in [4.78, 5) is 26.2. The Labute approximate surface area is 150 Å². The zero-order valence-corrected chi connectivity index (χ0v) is 14.6. The first-order valence-electron chi connectivity index (χ1n) is 8.58. The third-order valence-corrected chi connectivity index (χ3v) is 5.64. The van der Waals surface area contributed by atoms with E-state index in [1.807, 2.05) is 28.8 Å². The van der Waals surface area contributed by atoms with Crippen LogP contribution >= 0.6 is 11.6 Å². The highest BCUT2D eigenvalue weighted by Gasteiger charge is 2.48. The molecule has 1 saturated carbocycles. The SMILES string of the molecule is CN1C(=O)c2c(ncn2Cc2ccc(Cl)cc2)N2C1=NC1CCCC12. The van der Waals surface area contributed by atoms with Gasteiger partial charge in [0, 0.05) is 18.6 Å². The summed E-state index contributed by atoms with van der Waals surface area (Å²) in [6.07, 6.45) is 5.13. The van der Waals surface area contributed by atoms with E-state index in [2.05, 4.69) is 9.88 Å². The van der Waals surface area contributed by atoms with E-state index in [0.29, 0.717) is 23.3 Å². The molecule has 128 valence electrons. The van der Waals surface area contributed by atoms with E-state index in [1.54, 1.807) is 18.3 Å². The monoisotopic (exact) mass is 355 g/mol. The molecule has 2 aliphatic heterocycles. The molecule has 5 rings (SSSR count). The predicted octanol–water partition coefficient (Wildman–Crippen LogP) is 2.77. The number of fused-ring (bicyclic) bond motifs is 5. The van der Waals surface area contributed by atoms with Crippen molar-refractivity contribution in [2.75, 3.05) is 11.9 Å². The average molecular weight is 356 g/mol. The van der Waals surface area contributed by atoms with E-state index in [4.69, 9.17) is 16.6 Å². The highest BCUT2D eigenvalue weighted by atomic mass is 35.5. The first-order chi connectivity index (χ1) is 12.1. The van der Waals surface area contributed by atoms with Crippen LogP contribution in [-0.4, -0.2) is 45.4 Å². The van der Waals surface area contributed by atoms with Crippen molar-refractivity contribution in [3.05, 3.63) is 46.9 Å². The number of guanidine groups is 1. The minimum Gasteiger partial charge on any atom is -0.320 e. The maximum absolute atomic E-state index is 12.9. The molecule has 0 bridgehead atoms. The fourth-order valence-corrected chi connectivity index (χ4v) is 4.28. The zero-order valence-electron chi connectivity index (χ0n) is 13.9. The fraction of sp³-hybridized carbons (Fsp3) is 0.389. The first-order valence-corrected chi connectivity index (χ1v) is 8.96. The van der Waals surface area contributed by atoms with Crippen molar-refractivity contribution in [1.29, 1.82) is 0 Å². The van der Waals surface area contributed by atoms with Gasteiger partial charge in [-0.1, -0.05) is 23.7 Å². The lowest BCUT2D eigenvalue weighted by Gasteiger charge is -2.34. The third-order valence-electron chi connectivity index (χ3n) is 5.39. The molecule has 0 spiro atoms. The van der Waals surface area contributed by atoms with Gasteiger partial charge in [-0.2, -0.15) is 0 Å². The van der Waals surface area contributed by atoms with Gasteiger partial charge in [-0.25, -0.2) is 9.98 Å². The standard InChI is InChI=1S/C18H18ClN5O/c1-22-17(25)15-16(24-14-4-2-3-13(14)21-18(22)24)20-10-23(15)9-11-5-7-12(19)8-6-11/h5-8,10,13-14H,2-4,9H2,1H3. The van der Waals surface area contributed by atoms with E-state index in [0.717, 1.165) is 30.2 Å². The van der Waals surface area contributed by atoms with Crippen LogP contribution in [0, 0.1) is 0 Å². The number of halogens is 1. The Balaban J connectivity index is 1.56. The molecule has 1 fully saturated rings. The van der Waals surface area contributed by atoms with Gasteiger partial charge in [0.1, 0.15) is 0 Å². The number of carbonyl (C=O) groups is 1. The molecule has 25 heavy (non-hydrogen) atoms. The summed E-state index contributed by atoms with van der Waals surface area (Å²) in [5, 5.41) is 0.706. The summed E-state index contributed by atoms with van der Waals surface area (Å²) >= 11 is 5.96. The molecule has 0 N–H and O–H groups in total. The van der Waals surface area contributed by atoms with Crippen LogP contribution in [0.4, 0.5) is 5.82 Å². The van der Waals surface area contributed by atoms with Crippen LogP contribution in [-0.2, 0) is 6.54 Å². The largest absolute Gasteiger partial charge is 0.320 e. The number of carbonyl (C=O) groups excluding carboxylic acids is 1. The van der Waals surface area contributed by atoms with Crippen LogP contribution in [0.15, 0.2) is 35.6 Å². The van der Waals surface area contributed by atoms with Gasteiger partial charge in [-0.15, -0.1) is 0 Å². The molecule has 6 nitrogen and oxygen atoms in total. The van der Waals surface area contributed by atoms with Gasteiger partial charge in [-0.05, 0) is 37.0 Å². The van der Waals surface area contributed by atoms with Crippen LogP contribution in [0.5, 0.6) is 0 Å². The minimum absolute atomic E-state index is 0.0450. The smallest absolute Gasteiger partial charge is 0.280 e. The van der Waals surface area contributed by atoms with E-state index >= 15 is 0 Å². The lowest BCUT2D eigenvalue weighted by molar-refractivity contribution is 0.0855. The van der Waals surface area contributed by atoms with Crippen LogP contribution in [0.3, 0.4) is 0 Å². The van der Waals surface area contributed by atoms with E-state index in [-0.39, 0.29) is 11.9 Å². The van der Waals surface area contributed by atoms with E-state index < -0.39 is 0 Å². The summed E-state index contributed by atoms with van der Waals surface area (Å²) in [7, 11) is 1.80. The minimum atomic E-state index is -0.0450. The van der Waals surface area contributed by atoms with Gasteiger partial charge < -0.3 is 4.57 Å². The summed E-state index contributed by atoms with van der Waals surface area (Å²) in [6.45, 7) is 0.591. The maximum atomic E-state index is 12.9. The van der Waals surface area contributed by atoms with Crippen molar-refractivity contribution in [2.45, 2.75) is 37.9 Å². The zero-order chi connectivity index (χ0) is 17.1. The van der Waals surface area contributed by atoms with Crippen molar-refractivity contribution in [3.8, 4) is 0 Å². The van der Waals surface area contributed by atoms with E-state index in [9.17, 15) is 4.79 Å². The Bertz CT molecular complexity index is 887. The number of anilines is 1. The number of aliphatic imine (C=N–C) groups is 1. The number of rotatable bonds is 2. The highest BCUT2D eigenvalue weighted by molar-refractivity contribution is 6.30. The Kier molecular flexibility index (Phi) is 3.19. The Hall–Kier alpha value is -2.34. The average Bonchev–Trinajstić information content (AvgIpc) is 3.29. The maximum Gasteiger partial charge on any atom is 0.280 e. The van der Waals surface area contributed by atoms with Gasteiger partial charge in [0.05, 0.1) is 18.4 Å². The van der Waals surface area contributed by atoms with Gasteiger partial charge in [0.15, 0.2) is 11.5 Å². The van der Waals surface area contributed by atoms with Crippen LogP contribution in [0.2, 0.25) is 5.02 Å². The topological polar surface area (TPSA) is 53.7 Å². The van der Waals surface area contributed by atoms with Crippen molar-refractivity contribution in [1.82, 2.24) is 14.5 Å². The molecule has 2 aromatic rings. The summed E-state index contributed by atoms with van der Waals surface area (Å²) in [5.41, 5.74) is 1.73. The molecule has 2 atom stereocenters. The number of hydrogen-bond donors (Lipinski definition) is 0. The molecule has 2 unspecified atom stereocenters. The number of benzene rings is 1. The number of aromatic nitrogens is 2. The molecule has 1 aromatic heterocycles. The van der Waals surface area contributed by atoms with Crippen molar-refractivity contribution < 1.29 is 4.79 Å². The molecule has 1 amide bonds. The third kappa shape index (κ3) is 2.13. The van der Waals surface area contributed by atoms with Crippen LogP contribution in [0.25, 0.3) is 0 Å². The highest BCUT2D eigenvalue weighted by Crippen LogP contribution is 2.39.